The number of hydrogen-bond acceptors (Lipinski definition) is 3. The average molecular weight is 403 g/mol. The SMILES string of the molecule is COC(=O)CC1(c2ccc(F)c(N(Cc3ccccc3)Cc3ccccc3)c2)CC1. The van der Waals surface area contributed by atoms with Crippen molar-refractivity contribution in [1.29, 1.82) is 0 Å². The molecule has 4 heteroatoms. The zero-order valence-corrected chi connectivity index (χ0v) is 17.2. The lowest BCUT2D eigenvalue weighted by Crippen LogP contribution is -2.24. The van der Waals surface area contributed by atoms with Gasteiger partial charge in [-0.2, -0.15) is 0 Å². The summed E-state index contributed by atoms with van der Waals surface area (Å²) < 4.78 is 19.9. The van der Waals surface area contributed by atoms with E-state index >= 15 is 4.39 Å². The summed E-state index contributed by atoms with van der Waals surface area (Å²) in [7, 11) is 1.41. The number of ether oxygens (including phenoxy) is 1. The van der Waals surface area contributed by atoms with Crippen molar-refractivity contribution in [1.82, 2.24) is 0 Å². The van der Waals surface area contributed by atoms with Crippen molar-refractivity contribution in [2.75, 3.05) is 12.0 Å². The van der Waals surface area contributed by atoms with Crippen molar-refractivity contribution >= 4 is 11.7 Å². The fourth-order valence-corrected chi connectivity index (χ4v) is 3.99. The van der Waals surface area contributed by atoms with Crippen LogP contribution in [-0.2, 0) is 28.0 Å². The smallest absolute Gasteiger partial charge is 0.306 e. The molecule has 0 N–H and O–H groups in total. The maximum atomic E-state index is 15.0. The molecule has 3 aromatic rings. The van der Waals surface area contributed by atoms with E-state index < -0.39 is 0 Å². The predicted octanol–water partition coefficient (Wildman–Crippen LogP) is 5.63. The number of anilines is 1. The van der Waals surface area contributed by atoms with Gasteiger partial charge in [-0.3, -0.25) is 4.79 Å². The highest BCUT2D eigenvalue weighted by molar-refractivity contribution is 5.72. The van der Waals surface area contributed by atoms with E-state index in [1.54, 1.807) is 0 Å². The number of rotatable bonds is 8. The van der Waals surface area contributed by atoms with Gasteiger partial charge in [-0.25, -0.2) is 4.39 Å². The second-order valence-electron chi connectivity index (χ2n) is 8.03. The topological polar surface area (TPSA) is 29.5 Å². The number of halogens is 1. The maximum absolute atomic E-state index is 15.0. The molecule has 1 saturated carbocycles. The van der Waals surface area contributed by atoms with Crippen LogP contribution in [0.25, 0.3) is 0 Å². The quantitative estimate of drug-likeness (QED) is 0.457. The molecule has 0 bridgehead atoms. The summed E-state index contributed by atoms with van der Waals surface area (Å²) in [5.74, 6) is -0.469. The Morgan fingerprint density at radius 2 is 1.50 bits per heavy atom. The van der Waals surface area contributed by atoms with Crippen LogP contribution in [0.3, 0.4) is 0 Å². The van der Waals surface area contributed by atoms with Crippen LogP contribution in [0, 0.1) is 5.82 Å². The first-order chi connectivity index (χ1) is 14.6. The largest absolute Gasteiger partial charge is 0.469 e. The van der Waals surface area contributed by atoms with Crippen molar-refractivity contribution in [2.24, 2.45) is 0 Å². The number of carbonyl (C=O) groups excluding carboxylic acids is 1. The molecule has 0 unspecified atom stereocenters. The number of carbonyl (C=O) groups is 1. The molecule has 0 spiro atoms. The maximum Gasteiger partial charge on any atom is 0.306 e. The van der Waals surface area contributed by atoms with Crippen LogP contribution in [0.15, 0.2) is 78.9 Å². The van der Waals surface area contributed by atoms with Crippen molar-refractivity contribution in [3.05, 3.63) is 101 Å². The Labute approximate surface area is 177 Å². The molecule has 0 amide bonds. The Bertz CT molecular complexity index is 959. The van der Waals surface area contributed by atoms with Crippen LogP contribution in [0.5, 0.6) is 0 Å². The molecule has 30 heavy (non-hydrogen) atoms. The first-order valence-corrected chi connectivity index (χ1v) is 10.3. The van der Waals surface area contributed by atoms with Gasteiger partial charge in [-0.1, -0.05) is 66.7 Å². The molecule has 154 valence electrons. The molecule has 1 aliphatic rings. The molecule has 0 aromatic heterocycles. The van der Waals surface area contributed by atoms with Gasteiger partial charge in [-0.05, 0) is 41.7 Å². The van der Waals surface area contributed by atoms with Gasteiger partial charge in [0.1, 0.15) is 5.82 Å². The lowest BCUT2D eigenvalue weighted by Gasteiger charge is -2.27. The molecule has 0 radical (unpaired) electrons. The third-order valence-corrected chi connectivity index (χ3v) is 5.90. The van der Waals surface area contributed by atoms with E-state index in [0.29, 0.717) is 25.2 Å². The van der Waals surface area contributed by atoms with E-state index in [0.717, 1.165) is 29.5 Å². The highest BCUT2D eigenvalue weighted by Crippen LogP contribution is 2.52. The Balaban J connectivity index is 1.68. The zero-order chi connectivity index (χ0) is 21.0. The number of nitrogens with zero attached hydrogens (tertiary/aromatic N) is 1. The minimum absolute atomic E-state index is 0.219. The first kappa shape index (κ1) is 20.1. The molecule has 1 fully saturated rings. The zero-order valence-electron chi connectivity index (χ0n) is 17.2. The number of methoxy groups -OCH3 is 1. The van der Waals surface area contributed by atoms with Gasteiger partial charge in [0.25, 0.3) is 0 Å². The van der Waals surface area contributed by atoms with Crippen molar-refractivity contribution in [3.8, 4) is 0 Å². The number of hydrogen-bond donors (Lipinski definition) is 0. The second-order valence-corrected chi connectivity index (χ2v) is 8.03. The Morgan fingerprint density at radius 3 is 2.00 bits per heavy atom. The van der Waals surface area contributed by atoms with Crippen LogP contribution in [0.4, 0.5) is 10.1 Å². The molecule has 0 aliphatic heterocycles. The summed E-state index contributed by atoms with van der Waals surface area (Å²) in [6.07, 6.45) is 2.18. The summed E-state index contributed by atoms with van der Waals surface area (Å²) in [6.45, 7) is 1.19. The molecular formula is C26H26FNO2. The van der Waals surface area contributed by atoms with Crippen LogP contribution in [0.2, 0.25) is 0 Å². The molecule has 0 heterocycles. The summed E-state index contributed by atoms with van der Waals surface area (Å²) >= 11 is 0. The third kappa shape index (κ3) is 4.54. The molecule has 0 saturated heterocycles. The van der Waals surface area contributed by atoms with Gasteiger partial charge in [0, 0.05) is 18.5 Å². The van der Waals surface area contributed by atoms with Crippen molar-refractivity contribution in [3.63, 3.8) is 0 Å². The van der Waals surface area contributed by atoms with Gasteiger partial charge in [0.15, 0.2) is 0 Å². The first-order valence-electron chi connectivity index (χ1n) is 10.3. The van der Waals surface area contributed by atoms with E-state index in [2.05, 4.69) is 29.2 Å². The third-order valence-electron chi connectivity index (χ3n) is 5.90. The summed E-state index contributed by atoms with van der Waals surface area (Å²) in [6, 6.07) is 25.5. The van der Waals surface area contributed by atoms with E-state index in [9.17, 15) is 4.79 Å². The Morgan fingerprint density at radius 1 is 0.933 bits per heavy atom. The monoisotopic (exact) mass is 403 g/mol. The summed E-state index contributed by atoms with van der Waals surface area (Å²) in [5.41, 5.74) is 3.59. The van der Waals surface area contributed by atoms with Gasteiger partial charge < -0.3 is 9.64 Å². The van der Waals surface area contributed by atoms with Crippen LogP contribution in [0.1, 0.15) is 36.0 Å². The fraction of sp³-hybridized carbons (Fsp3) is 0.269. The average Bonchev–Trinajstić information content (AvgIpc) is 3.55. The molecule has 3 aromatic carbocycles. The van der Waals surface area contributed by atoms with E-state index in [-0.39, 0.29) is 17.2 Å². The van der Waals surface area contributed by atoms with Crippen LogP contribution < -0.4 is 4.90 Å². The standard InChI is InChI=1S/C26H26FNO2/c1-30-25(29)17-26(14-15-26)22-12-13-23(27)24(16-22)28(18-20-8-4-2-5-9-20)19-21-10-6-3-7-11-21/h2-13,16H,14-15,17-19H2,1H3. The van der Waals surface area contributed by atoms with E-state index in [1.807, 2.05) is 48.5 Å². The highest BCUT2D eigenvalue weighted by atomic mass is 19.1. The van der Waals surface area contributed by atoms with Crippen molar-refractivity contribution < 1.29 is 13.9 Å². The van der Waals surface area contributed by atoms with Gasteiger partial charge >= 0.3 is 5.97 Å². The van der Waals surface area contributed by atoms with E-state index in [4.69, 9.17) is 4.74 Å². The second kappa shape index (κ2) is 8.70. The van der Waals surface area contributed by atoms with Crippen LogP contribution >= 0.6 is 0 Å². The molecule has 4 rings (SSSR count). The molecule has 3 nitrogen and oxygen atoms in total. The Kier molecular flexibility index (Phi) is 5.84. The number of benzene rings is 3. The minimum atomic E-state index is -0.250. The van der Waals surface area contributed by atoms with Gasteiger partial charge in [-0.15, -0.1) is 0 Å². The molecule has 0 atom stereocenters. The number of esters is 1. The Hall–Kier alpha value is -3.14. The van der Waals surface area contributed by atoms with Crippen LogP contribution in [-0.4, -0.2) is 13.1 Å². The summed E-state index contributed by atoms with van der Waals surface area (Å²) in [5, 5.41) is 0. The molecular weight excluding hydrogens is 377 g/mol. The normalized spacial score (nSPS) is 14.2. The highest BCUT2D eigenvalue weighted by Gasteiger charge is 2.46. The van der Waals surface area contributed by atoms with E-state index in [1.165, 1.54) is 13.2 Å². The molecule has 1 aliphatic carbocycles. The minimum Gasteiger partial charge on any atom is -0.469 e. The predicted molar refractivity (Wildman–Crippen MR) is 117 cm³/mol. The van der Waals surface area contributed by atoms with Gasteiger partial charge in [0.05, 0.1) is 19.2 Å². The lowest BCUT2D eigenvalue weighted by molar-refractivity contribution is -0.141. The fourth-order valence-electron chi connectivity index (χ4n) is 3.99. The summed E-state index contributed by atoms with van der Waals surface area (Å²) in [4.78, 5) is 14.0. The van der Waals surface area contributed by atoms with Crippen molar-refractivity contribution in [2.45, 2.75) is 37.8 Å². The lowest BCUT2D eigenvalue weighted by atomic mass is 9.91. The van der Waals surface area contributed by atoms with Gasteiger partial charge in [0.2, 0.25) is 0 Å².